The maximum Gasteiger partial charge on any atom is 0.234 e. The summed E-state index contributed by atoms with van der Waals surface area (Å²) >= 11 is 1.39. The molecule has 1 amide bonds. The first-order valence-corrected chi connectivity index (χ1v) is 9.81. The van der Waals surface area contributed by atoms with Gasteiger partial charge in [-0.15, -0.1) is 10.2 Å². The Labute approximate surface area is 157 Å². The van der Waals surface area contributed by atoms with Crippen LogP contribution in [0.2, 0.25) is 0 Å². The maximum atomic E-state index is 12.2. The van der Waals surface area contributed by atoms with Crippen LogP contribution in [0.3, 0.4) is 0 Å². The summed E-state index contributed by atoms with van der Waals surface area (Å²) in [5.74, 6) is 1.83. The predicted octanol–water partition coefficient (Wildman–Crippen LogP) is 2.90. The van der Waals surface area contributed by atoms with Crippen LogP contribution in [0.1, 0.15) is 25.6 Å². The predicted molar refractivity (Wildman–Crippen MR) is 101 cm³/mol. The highest BCUT2D eigenvalue weighted by molar-refractivity contribution is 7.99. The summed E-state index contributed by atoms with van der Waals surface area (Å²) in [6.07, 6.45) is 2.36. The molecule has 3 rings (SSSR count). The van der Waals surface area contributed by atoms with E-state index in [2.05, 4.69) is 15.5 Å². The Hall–Kier alpha value is -2.06. The number of carbonyl (C=O) groups excluding carboxylic acids is 1. The van der Waals surface area contributed by atoms with Crippen LogP contribution in [-0.4, -0.2) is 45.7 Å². The van der Waals surface area contributed by atoms with Crippen molar-refractivity contribution in [3.05, 3.63) is 30.1 Å². The zero-order valence-electron chi connectivity index (χ0n) is 15.1. The molecule has 1 fully saturated rings. The molecule has 1 aromatic carbocycles. The van der Waals surface area contributed by atoms with Crippen molar-refractivity contribution in [1.82, 2.24) is 14.8 Å². The van der Waals surface area contributed by atoms with Crippen molar-refractivity contribution in [3.63, 3.8) is 0 Å². The van der Waals surface area contributed by atoms with Crippen LogP contribution in [0, 0.1) is 6.92 Å². The zero-order valence-corrected chi connectivity index (χ0v) is 15.9. The van der Waals surface area contributed by atoms with Crippen LogP contribution in [-0.2, 0) is 16.1 Å². The molecule has 1 N–H and O–H groups in total. The van der Waals surface area contributed by atoms with Crippen LogP contribution in [0.5, 0.6) is 5.75 Å². The van der Waals surface area contributed by atoms with E-state index in [0.717, 1.165) is 48.4 Å². The van der Waals surface area contributed by atoms with Gasteiger partial charge in [0, 0.05) is 12.3 Å². The molecule has 1 aliphatic heterocycles. The van der Waals surface area contributed by atoms with Gasteiger partial charge in [-0.2, -0.15) is 0 Å². The number of rotatable bonds is 8. The molecule has 0 spiro atoms. The monoisotopic (exact) mass is 376 g/mol. The first-order chi connectivity index (χ1) is 12.7. The molecule has 0 radical (unpaired) electrons. The highest BCUT2D eigenvalue weighted by Crippen LogP contribution is 2.22. The third-order valence-electron chi connectivity index (χ3n) is 4.09. The Kier molecular flexibility index (Phi) is 6.51. The molecule has 8 heteroatoms. The minimum Gasteiger partial charge on any atom is -0.494 e. The smallest absolute Gasteiger partial charge is 0.234 e. The third kappa shape index (κ3) is 4.98. The number of aromatic nitrogens is 3. The van der Waals surface area contributed by atoms with Gasteiger partial charge in [-0.1, -0.05) is 11.8 Å². The number of carbonyl (C=O) groups is 1. The van der Waals surface area contributed by atoms with E-state index in [0.29, 0.717) is 6.61 Å². The molecule has 0 bridgehead atoms. The molecule has 1 aliphatic rings. The molecule has 1 atom stereocenters. The fraction of sp³-hybridized carbons (Fsp3) is 0.500. The van der Waals surface area contributed by atoms with Gasteiger partial charge in [0.2, 0.25) is 5.91 Å². The Morgan fingerprint density at radius 1 is 1.38 bits per heavy atom. The van der Waals surface area contributed by atoms with E-state index >= 15 is 0 Å². The second-order valence-electron chi connectivity index (χ2n) is 6.07. The topological polar surface area (TPSA) is 78.3 Å². The lowest BCUT2D eigenvalue weighted by Gasteiger charge is -2.13. The molecule has 26 heavy (non-hydrogen) atoms. The Morgan fingerprint density at radius 2 is 2.19 bits per heavy atom. The Balaban J connectivity index is 1.52. The summed E-state index contributed by atoms with van der Waals surface area (Å²) < 4.78 is 13.1. The number of hydrogen-bond donors (Lipinski definition) is 1. The van der Waals surface area contributed by atoms with Gasteiger partial charge < -0.3 is 19.4 Å². The number of benzene rings is 1. The quantitative estimate of drug-likeness (QED) is 0.714. The highest BCUT2D eigenvalue weighted by Gasteiger charge is 2.20. The van der Waals surface area contributed by atoms with Crippen LogP contribution < -0.4 is 10.1 Å². The van der Waals surface area contributed by atoms with E-state index in [1.807, 2.05) is 42.7 Å². The van der Waals surface area contributed by atoms with Crippen LogP contribution in [0.25, 0.3) is 0 Å². The van der Waals surface area contributed by atoms with Gasteiger partial charge in [0.05, 0.1) is 25.0 Å². The number of ether oxygens (including phenoxy) is 2. The van der Waals surface area contributed by atoms with Crippen LogP contribution in [0.4, 0.5) is 5.69 Å². The lowest BCUT2D eigenvalue weighted by molar-refractivity contribution is -0.113. The normalized spacial score (nSPS) is 16.6. The summed E-state index contributed by atoms with van der Waals surface area (Å²) in [7, 11) is 0. The van der Waals surface area contributed by atoms with E-state index in [-0.39, 0.29) is 17.8 Å². The lowest BCUT2D eigenvalue weighted by atomic mass is 10.2. The fourth-order valence-electron chi connectivity index (χ4n) is 2.80. The van der Waals surface area contributed by atoms with E-state index in [9.17, 15) is 4.79 Å². The largest absolute Gasteiger partial charge is 0.494 e. The SMILES string of the molecule is CCOc1ccc(NC(=O)CSc2nnc(C)n2C[C@@H]2CCCO2)cc1. The van der Waals surface area contributed by atoms with Gasteiger partial charge in [-0.05, 0) is 51.0 Å². The summed E-state index contributed by atoms with van der Waals surface area (Å²) in [5, 5.41) is 12.0. The Bertz CT molecular complexity index is 727. The summed E-state index contributed by atoms with van der Waals surface area (Å²) in [5.41, 5.74) is 0.746. The average molecular weight is 376 g/mol. The lowest BCUT2D eigenvalue weighted by Crippen LogP contribution is -2.18. The third-order valence-corrected chi connectivity index (χ3v) is 5.06. The zero-order chi connectivity index (χ0) is 18.4. The number of nitrogens with one attached hydrogen (secondary N) is 1. The van der Waals surface area contributed by atoms with Gasteiger partial charge in [0.1, 0.15) is 11.6 Å². The van der Waals surface area contributed by atoms with Crippen molar-refractivity contribution in [2.24, 2.45) is 0 Å². The molecule has 2 aromatic rings. The number of anilines is 1. The number of thioether (sulfide) groups is 1. The van der Waals surface area contributed by atoms with E-state index < -0.39 is 0 Å². The molecule has 140 valence electrons. The molecule has 0 aliphatic carbocycles. The maximum absolute atomic E-state index is 12.2. The highest BCUT2D eigenvalue weighted by atomic mass is 32.2. The minimum absolute atomic E-state index is 0.0801. The standard InChI is InChI=1S/C18H24N4O3S/c1-3-24-15-8-6-14(7-9-15)19-17(23)12-26-18-21-20-13(2)22(18)11-16-5-4-10-25-16/h6-9,16H,3-5,10-12H2,1-2H3,(H,19,23)/t16-/m0/s1. The van der Waals surface area contributed by atoms with Crippen molar-refractivity contribution < 1.29 is 14.3 Å². The molecular weight excluding hydrogens is 352 g/mol. The van der Waals surface area contributed by atoms with Crippen molar-refractivity contribution in [2.75, 3.05) is 24.3 Å². The summed E-state index contributed by atoms with van der Waals surface area (Å²) in [4.78, 5) is 12.2. The molecule has 0 saturated carbocycles. The van der Waals surface area contributed by atoms with E-state index in [1.165, 1.54) is 11.8 Å². The van der Waals surface area contributed by atoms with E-state index in [1.54, 1.807) is 0 Å². The first-order valence-electron chi connectivity index (χ1n) is 8.82. The number of amides is 1. The van der Waals surface area contributed by atoms with Gasteiger partial charge in [0.25, 0.3) is 0 Å². The van der Waals surface area contributed by atoms with Gasteiger partial charge >= 0.3 is 0 Å². The summed E-state index contributed by atoms with van der Waals surface area (Å²) in [6.45, 7) is 6.03. The van der Waals surface area contributed by atoms with Crippen molar-refractivity contribution >= 4 is 23.4 Å². The molecule has 1 aromatic heterocycles. The molecule has 2 heterocycles. The number of aryl methyl sites for hydroxylation is 1. The minimum atomic E-state index is -0.0801. The average Bonchev–Trinajstić information content (AvgIpc) is 3.27. The van der Waals surface area contributed by atoms with Crippen molar-refractivity contribution in [3.8, 4) is 5.75 Å². The molecule has 0 unspecified atom stereocenters. The van der Waals surface area contributed by atoms with Crippen molar-refractivity contribution in [1.29, 1.82) is 0 Å². The first kappa shape index (κ1) is 18.7. The second kappa shape index (κ2) is 9.05. The van der Waals surface area contributed by atoms with Crippen LogP contribution >= 0.6 is 11.8 Å². The molecule has 1 saturated heterocycles. The van der Waals surface area contributed by atoms with Gasteiger partial charge in [-0.3, -0.25) is 4.79 Å². The van der Waals surface area contributed by atoms with Gasteiger partial charge in [-0.25, -0.2) is 0 Å². The summed E-state index contributed by atoms with van der Waals surface area (Å²) in [6, 6.07) is 7.34. The molecule has 7 nitrogen and oxygen atoms in total. The molecular formula is C18H24N4O3S. The van der Waals surface area contributed by atoms with E-state index in [4.69, 9.17) is 9.47 Å². The number of hydrogen-bond acceptors (Lipinski definition) is 6. The van der Waals surface area contributed by atoms with Crippen molar-refractivity contribution in [2.45, 2.75) is 44.5 Å². The van der Waals surface area contributed by atoms with Gasteiger partial charge in [0.15, 0.2) is 5.16 Å². The Morgan fingerprint density at radius 3 is 2.88 bits per heavy atom. The number of nitrogens with zero attached hydrogens (tertiary/aromatic N) is 3. The second-order valence-corrected chi connectivity index (χ2v) is 7.01. The fourth-order valence-corrected chi connectivity index (χ4v) is 3.59. The van der Waals surface area contributed by atoms with Crippen LogP contribution in [0.15, 0.2) is 29.4 Å².